The van der Waals surface area contributed by atoms with Gasteiger partial charge in [-0.05, 0) is 48.2 Å². The second-order valence-electron chi connectivity index (χ2n) is 8.13. The molecule has 0 bridgehead atoms. The Bertz CT molecular complexity index is 1340. The lowest BCUT2D eigenvalue weighted by Gasteiger charge is -2.20. The minimum absolute atomic E-state index is 0.0356. The first kappa shape index (κ1) is 24.0. The van der Waals surface area contributed by atoms with E-state index in [9.17, 15) is 18.0 Å². The molecule has 0 spiro atoms. The van der Waals surface area contributed by atoms with Crippen LogP contribution in [0.5, 0.6) is 0 Å². The molecular formula is C26H22BF3N2OS. The van der Waals surface area contributed by atoms with Gasteiger partial charge in [0.1, 0.15) is 18.5 Å². The summed E-state index contributed by atoms with van der Waals surface area (Å²) >= 11 is 0.935. The molecule has 1 N–H and O–H groups in total. The van der Waals surface area contributed by atoms with Crippen LogP contribution in [0, 0.1) is 12.7 Å². The van der Waals surface area contributed by atoms with Gasteiger partial charge in [0.2, 0.25) is 0 Å². The molecule has 0 fully saturated rings. The van der Waals surface area contributed by atoms with Gasteiger partial charge in [-0.25, -0.2) is 13.2 Å². The molecule has 0 saturated heterocycles. The number of carbonyl (C=O) groups excluding carboxylic acids is 1. The fourth-order valence-corrected chi connectivity index (χ4v) is 5.38. The van der Waals surface area contributed by atoms with Crippen LogP contribution >= 0.6 is 11.3 Å². The average Bonchev–Trinajstić information content (AvgIpc) is 3.18. The first-order chi connectivity index (χ1) is 16.3. The highest BCUT2D eigenvalue weighted by Crippen LogP contribution is 2.41. The van der Waals surface area contributed by atoms with Crippen molar-refractivity contribution >= 4 is 40.8 Å². The van der Waals surface area contributed by atoms with Crippen LogP contribution in [0.2, 0.25) is 0 Å². The van der Waals surface area contributed by atoms with Crippen LogP contribution in [0.4, 0.5) is 13.2 Å². The molecule has 8 heteroatoms. The summed E-state index contributed by atoms with van der Waals surface area (Å²) in [4.78, 5) is 17.4. The zero-order valence-electron chi connectivity index (χ0n) is 18.7. The number of carbonyl (C=O) groups is 1. The number of hydrogen-bond acceptors (Lipinski definition) is 3. The molecule has 0 aliphatic carbocycles. The number of fused-ring (bicyclic) bond motifs is 1. The van der Waals surface area contributed by atoms with Gasteiger partial charge in [0.05, 0.1) is 21.8 Å². The molecule has 2 radical (unpaired) electrons. The minimum Gasteiger partial charge on any atom is -0.345 e. The van der Waals surface area contributed by atoms with Gasteiger partial charge in [0, 0.05) is 11.8 Å². The van der Waals surface area contributed by atoms with Crippen LogP contribution in [0.3, 0.4) is 0 Å². The van der Waals surface area contributed by atoms with E-state index in [1.54, 1.807) is 12.1 Å². The summed E-state index contributed by atoms with van der Waals surface area (Å²) in [7, 11) is 5.79. The van der Waals surface area contributed by atoms with Crippen molar-refractivity contribution in [3.05, 3.63) is 82.1 Å². The van der Waals surface area contributed by atoms with Crippen molar-refractivity contribution < 1.29 is 18.0 Å². The Labute approximate surface area is 201 Å². The smallest absolute Gasteiger partial charge is 0.267 e. The topological polar surface area (TPSA) is 42.0 Å². The number of hydrogen-bond donors (Lipinski definition) is 1. The average molecular weight is 478 g/mol. The van der Waals surface area contributed by atoms with Gasteiger partial charge in [0.15, 0.2) is 0 Å². The number of amides is 1. The summed E-state index contributed by atoms with van der Waals surface area (Å²) in [5.41, 5.74) is 2.72. The highest BCUT2D eigenvalue weighted by molar-refractivity contribution is 7.21. The molecule has 0 aliphatic rings. The molecule has 1 amide bonds. The third-order valence-electron chi connectivity index (χ3n) is 5.71. The monoisotopic (exact) mass is 478 g/mol. The molecule has 2 aromatic carbocycles. The van der Waals surface area contributed by atoms with E-state index >= 15 is 0 Å². The molecule has 1 unspecified atom stereocenters. The normalized spacial score (nSPS) is 12.3. The lowest BCUT2D eigenvalue weighted by Crippen LogP contribution is -2.29. The van der Waals surface area contributed by atoms with E-state index in [0.29, 0.717) is 22.2 Å². The van der Waals surface area contributed by atoms with Crippen molar-refractivity contribution in [3.8, 4) is 11.1 Å². The molecule has 4 rings (SSSR count). The maximum Gasteiger partial charge on any atom is 0.267 e. The molecule has 172 valence electrons. The van der Waals surface area contributed by atoms with Crippen LogP contribution in [-0.2, 0) is 0 Å². The molecular weight excluding hydrogens is 456 g/mol. The van der Waals surface area contributed by atoms with E-state index < -0.39 is 23.7 Å². The third kappa shape index (κ3) is 4.73. The quantitative estimate of drug-likeness (QED) is 0.312. The molecule has 0 saturated carbocycles. The molecule has 3 nitrogen and oxygen atoms in total. The second kappa shape index (κ2) is 10.0. The Balaban J connectivity index is 1.81. The second-order valence-corrected chi connectivity index (χ2v) is 9.15. The van der Waals surface area contributed by atoms with Crippen molar-refractivity contribution in [1.82, 2.24) is 10.3 Å². The summed E-state index contributed by atoms with van der Waals surface area (Å²) in [6.07, 6.45) is -0.0536. The highest BCUT2D eigenvalue weighted by Gasteiger charge is 2.28. The van der Waals surface area contributed by atoms with Gasteiger partial charge < -0.3 is 5.32 Å². The van der Waals surface area contributed by atoms with E-state index in [0.717, 1.165) is 28.9 Å². The third-order valence-corrected chi connectivity index (χ3v) is 6.94. The van der Waals surface area contributed by atoms with E-state index in [-0.39, 0.29) is 21.9 Å². The summed E-state index contributed by atoms with van der Waals surface area (Å²) in [5, 5.41) is 2.96. The summed E-state index contributed by atoms with van der Waals surface area (Å²) in [6, 6.07) is 13.0. The maximum absolute atomic E-state index is 14.2. The van der Waals surface area contributed by atoms with Crippen LogP contribution in [0.15, 0.2) is 54.7 Å². The number of alkyl halides is 2. The number of nitrogens with zero attached hydrogens (tertiary/aromatic N) is 1. The predicted molar refractivity (Wildman–Crippen MR) is 132 cm³/mol. The van der Waals surface area contributed by atoms with Gasteiger partial charge in [-0.15, -0.1) is 11.3 Å². The highest BCUT2D eigenvalue weighted by atomic mass is 32.1. The SMILES string of the molecule is [B]c1cc(F)cc(-c2ccnc3c(C(F)F)c(C(=O)NC(CCC)c4ccccc4C)sc23)c1. The van der Waals surface area contributed by atoms with E-state index in [2.05, 4.69) is 10.3 Å². The number of halogens is 3. The Morgan fingerprint density at radius 2 is 1.94 bits per heavy atom. The number of rotatable bonds is 7. The molecule has 2 heterocycles. The van der Waals surface area contributed by atoms with Crippen molar-refractivity contribution in [2.45, 2.75) is 39.2 Å². The fourth-order valence-electron chi connectivity index (χ4n) is 4.17. The predicted octanol–water partition coefficient (Wildman–Crippen LogP) is 6.41. The van der Waals surface area contributed by atoms with Crippen molar-refractivity contribution in [2.75, 3.05) is 0 Å². The standard InChI is InChI=1S/C26H22BF3N2OS/c1-3-6-20(18-8-5-4-7-14(18)2)32-26(33)24-21(25(29)30)22-23(34-24)19(9-10-31-22)15-11-16(27)13-17(28)12-15/h4-5,7-13,20,25H,3,6H2,1-2H3,(H,32,33). The van der Waals surface area contributed by atoms with Gasteiger partial charge in [-0.1, -0.05) is 49.1 Å². The summed E-state index contributed by atoms with van der Waals surface area (Å²) in [5.74, 6) is -1.12. The molecule has 34 heavy (non-hydrogen) atoms. The number of thiophene rings is 1. The summed E-state index contributed by atoms with van der Waals surface area (Å²) in [6.45, 7) is 3.96. The Hall–Kier alpha value is -3.13. The number of aromatic nitrogens is 1. The van der Waals surface area contributed by atoms with Crippen molar-refractivity contribution in [3.63, 3.8) is 0 Å². The van der Waals surface area contributed by atoms with E-state index in [1.165, 1.54) is 18.3 Å². The molecule has 0 aliphatic heterocycles. The lowest BCUT2D eigenvalue weighted by molar-refractivity contribution is 0.0927. The number of pyridine rings is 1. The minimum atomic E-state index is -2.90. The zero-order valence-corrected chi connectivity index (χ0v) is 19.6. The number of aryl methyl sites for hydroxylation is 1. The van der Waals surface area contributed by atoms with Crippen LogP contribution < -0.4 is 10.8 Å². The molecule has 1 atom stereocenters. The summed E-state index contributed by atoms with van der Waals surface area (Å²) < 4.78 is 42.8. The van der Waals surface area contributed by atoms with Crippen molar-refractivity contribution in [1.29, 1.82) is 0 Å². The van der Waals surface area contributed by atoms with Crippen molar-refractivity contribution in [2.24, 2.45) is 0 Å². The molecule has 2 aromatic heterocycles. The Morgan fingerprint density at radius 1 is 1.18 bits per heavy atom. The van der Waals surface area contributed by atoms with Crippen LogP contribution in [-0.4, -0.2) is 18.7 Å². The number of benzene rings is 2. The Kier molecular flexibility index (Phi) is 7.07. The van der Waals surface area contributed by atoms with Gasteiger partial charge >= 0.3 is 0 Å². The lowest BCUT2D eigenvalue weighted by atomic mass is 9.92. The fraction of sp³-hybridized carbons (Fsp3) is 0.231. The van der Waals surface area contributed by atoms with E-state index in [4.69, 9.17) is 7.85 Å². The first-order valence-electron chi connectivity index (χ1n) is 10.9. The van der Waals surface area contributed by atoms with E-state index in [1.807, 2.05) is 38.1 Å². The van der Waals surface area contributed by atoms with Crippen LogP contribution in [0.25, 0.3) is 21.3 Å². The first-order valence-corrected chi connectivity index (χ1v) is 11.7. The molecule has 4 aromatic rings. The van der Waals surface area contributed by atoms with Gasteiger partial charge in [-0.3, -0.25) is 9.78 Å². The van der Waals surface area contributed by atoms with Gasteiger partial charge in [-0.2, -0.15) is 0 Å². The maximum atomic E-state index is 14.2. The zero-order chi connectivity index (χ0) is 24.4. The van der Waals surface area contributed by atoms with Gasteiger partial charge in [0.25, 0.3) is 12.3 Å². The van der Waals surface area contributed by atoms with Crippen LogP contribution in [0.1, 0.15) is 58.6 Å². The Morgan fingerprint density at radius 3 is 2.62 bits per heavy atom. The largest absolute Gasteiger partial charge is 0.345 e. The number of nitrogens with one attached hydrogen (secondary N) is 1.